The van der Waals surface area contributed by atoms with E-state index in [0.717, 1.165) is 39.0 Å². The maximum Gasteiger partial charge on any atom is 0.225 e. The first-order valence-corrected chi connectivity index (χ1v) is 10.3. The fourth-order valence-electron chi connectivity index (χ4n) is 4.53. The third kappa shape index (κ3) is 3.73. The normalized spacial score (nSPS) is 18.1. The zero-order valence-corrected chi connectivity index (χ0v) is 16.6. The highest BCUT2D eigenvalue weighted by Gasteiger charge is 2.29. The Labute approximate surface area is 163 Å². The van der Waals surface area contributed by atoms with E-state index in [1.165, 1.54) is 40.8 Å². The van der Waals surface area contributed by atoms with Gasteiger partial charge in [-0.25, -0.2) is 0 Å². The average molecular weight is 363 g/mol. The largest absolute Gasteiger partial charge is 0.368 e. The van der Waals surface area contributed by atoms with Crippen molar-refractivity contribution in [3.8, 4) is 11.1 Å². The molecule has 142 valence electrons. The van der Waals surface area contributed by atoms with Crippen LogP contribution in [0.1, 0.15) is 36.8 Å². The number of carbonyl (C=O) groups is 1. The smallest absolute Gasteiger partial charge is 0.225 e. The Morgan fingerprint density at radius 3 is 2.22 bits per heavy atom. The fourth-order valence-corrected chi connectivity index (χ4v) is 4.53. The first-order chi connectivity index (χ1) is 13.1. The molecule has 1 aliphatic carbocycles. The predicted molar refractivity (Wildman–Crippen MR) is 112 cm³/mol. The van der Waals surface area contributed by atoms with Crippen LogP contribution in [-0.2, 0) is 4.79 Å². The molecule has 27 heavy (non-hydrogen) atoms. The van der Waals surface area contributed by atoms with E-state index in [1.54, 1.807) is 0 Å². The Balaban J connectivity index is 1.40. The van der Waals surface area contributed by atoms with E-state index in [4.69, 9.17) is 0 Å². The summed E-state index contributed by atoms with van der Waals surface area (Å²) in [5, 5.41) is 0. The highest BCUT2D eigenvalue weighted by Crippen LogP contribution is 2.29. The van der Waals surface area contributed by atoms with Gasteiger partial charge in [0.05, 0.1) is 0 Å². The fraction of sp³-hybridized carbons (Fsp3) is 0.458. The van der Waals surface area contributed by atoms with Crippen molar-refractivity contribution in [2.24, 2.45) is 5.92 Å². The molecule has 1 saturated heterocycles. The molecular weight excluding hydrogens is 332 g/mol. The van der Waals surface area contributed by atoms with Gasteiger partial charge in [-0.3, -0.25) is 4.79 Å². The number of piperazine rings is 1. The molecule has 0 radical (unpaired) electrons. The second-order valence-corrected chi connectivity index (χ2v) is 8.09. The second kappa shape index (κ2) is 7.75. The standard InChI is InChI=1S/C24H30N2O/c1-18-6-5-9-23(19(18)2)20-10-12-22(13-11-20)25-14-16-26(17-15-25)24(27)21-7-3-4-8-21/h5-6,9-13,21H,3-4,7-8,14-17H2,1-2H3. The molecule has 0 spiro atoms. The molecule has 2 aliphatic rings. The van der Waals surface area contributed by atoms with Crippen LogP contribution in [0.2, 0.25) is 0 Å². The molecule has 3 nitrogen and oxygen atoms in total. The van der Waals surface area contributed by atoms with Crippen molar-refractivity contribution < 1.29 is 4.79 Å². The van der Waals surface area contributed by atoms with Gasteiger partial charge < -0.3 is 9.80 Å². The van der Waals surface area contributed by atoms with E-state index >= 15 is 0 Å². The van der Waals surface area contributed by atoms with Crippen LogP contribution in [0.25, 0.3) is 11.1 Å². The van der Waals surface area contributed by atoms with Crippen LogP contribution >= 0.6 is 0 Å². The number of nitrogens with zero attached hydrogens (tertiary/aromatic N) is 2. The maximum atomic E-state index is 12.6. The molecule has 0 N–H and O–H groups in total. The molecule has 0 bridgehead atoms. The van der Waals surface area contributed by atoms with Gasteiger partial charge in [0.2, 0.25) is 5.91 Å². The summed E-state index contributed by atoms with van der Waals surface area (Å²) in [6.45, 7) is 7.93. The van der Waals surface area contributed by atoms with Gasteiger partial charge in [0.1, 0.15) is 0 Å². The number of benzene rings is 2. The number of amides is 1. The highest BCUT2D eigenvalue weighted by molar-refractivity contribution is 5.79. The lowest BCUT2D eigenvalue weighted by molar-refractivity contribution is -0.135. The van der Waals surface area contributed by atoms with Gasteiger partial charge >= 0.3 is 0 Å². The molecule has 2 aromatic rings. The molecular formula is C24H30N2O. The molecule has 1 heterocycles. The number of rotatable bonds is 3. The Bertz CT molecular complexity index is 798. The molecule has 1 amide bonds. The van der Waals surface area contributed by atoms with E-state index in [9.17, 15) is 4.79 Å². The summed E-state index contributed by atoms with van der Waals surface area (Å²) in [4.78, 5) is 17.1. The van der Waals surface area contributed by atoms with Crippen molar-refractivity contribution >= 4 is 11.6 Å². The van der Waals surface area contributed by atoms with Crippen molar-refractivity contribution in [3.63, 3.8) is 0 Å². The second-order valence-electron chi connectivity index (χ2n) is 8.09. The molecule has 3 heteroatoms. The van der Waals surface area contributed by atoms with E-state index < -0.39 is 0 Å². The third-order valence-electron chi connectivity index (χ3n) is 6.44. The summed E-state index contributed by atoms with van der Waals surface area (Å²) in [6.07, 6.45) is 4.64. The van der Waals surface area contributed by atoms with Crippen molar-refractivity contribution in [3.05, 3.63) is 53.6 Å². The highest BCUT2D eigenvalue weighted by atomic mass is 16.2. The lowest BCUT2D eigenvalue weighted by Gasteiger charge is -2.37. The lowest BCUT2D eigenvalue weighted by Crippen LogP contribution is -2.50. The molecule has 2 aromatic carbocycles. The minimum Gasteiger partial charge on any atom is -0.368 e. The summed E-state index contributed by atoms with van der Waals surface area (Å²) in [7, 11) is 0. The molecule has 2 fully saturated rings. The molecule has 4 rings (SSSR count). The molecule has 0 aromatic heterocycles. The predicted octanol–water partition coefficient (Wildman–Crippen LogP) is 4.81. The van der Waals surface area contributed by atoms with Gasteiger partial charge in [-0.05, 0) is 61.1 Å². The van der Waals surface area contributed by atoms with Crippen molar-refractivity contribution in [2.75, 3.05) is 31.1 Å². The van der Waals surface area contributed by atoms with E-state index in [1.807, 2.05) is 0 Å². The summed E-state index contributed by atoms with van der Waals surface area (Å²) in [5.74, 6) is 0.700. The SMILES string of the molecule is Cc1cccc(-c2ccc(N3CCN(C(=O)C4CCCC4)CC3)cc2)c1C. The van der Waals surface area contributed by atoms with Crippen LogP contribution < -0.4 is 4.90 Å². The minimum atomic E-state index is 0.299. The van der Waals surface area contributed by atoms with Crippen LogP contribution in [0, 0.1) is 19.8 Å². The van der Waals surface area contributed by atoms with Gasteiger partial charge in [-0.2, -0.15) is 0 Å². The molecule has 1 saturated carbocycles. The zero-order chi connectivity index (χ0) is 18.8. The van der Waals surface area contributed by atoms with E-state index in [-0.39, 0.29) is 0 Å². The number of aryl methyl sites for hydroxylation is 1. The van der Waals surface area contributed by atoms with Gasteiger partial charge in [0.15, 0.2) is 0 Å². The topological polar surface area (TPSA) is 23.6 Å². The Morgan fingerprint density at radius 1 is 0.889 bits per heavy atom. The van der Waals surface area contributed by atoms with Crippen molar-refractivity contribution in [1.82, 2.24) is 4.90 Å². The van der Waals surface area contributed by atoms with Gasteiger partial charge in [0, 0.05) is 37.8 Å². The van der Waals surface area contributed by atoms with Crippen LogP contribution in [0.3, 0.4) is 0 Å². The Hall–Kier alpha value is -2.29. The molecule has 0 unspecified atom stereocenters. The van der Waals surface area contributed by atoms with Crippen molar-refractivity contribution in [1.29, 1.82) is 0 Å². The summed E-state index contributed by atoms with van der Waals surface area (Å²) in [6, 6.07) is 15.4. The Morgan fingerprint density at radius 2 is 1.56 bits per heavy atom. The number of anilines is 1. The molecule has 0 atom stereocenters. The maximum absolute atomic E-state index is 12.6. The summed E-state index contributed by atoms with van der Waals surface area (Å²) >= 11 is 0. The van der Waals surface area contributed by atoms with Crippen LogP contribution in [0.15, 0.2) is 42.5 Å². The van der Waals surface area contributed by atoms with Crippen LogP contribution in [0.5, 0.6) is 0 Å². The number of hydrogen-bond donors (Lipinski definition) is 0. The van der Waals surface area contributed by atoms with Crippen LogP contribution in [0.4, 0.5) is 5.69 Å². The van der Waals surface area contributed by atoms with E-state index in [0.29, 0.717) is 11.8 Å². The summed E-state index contributed by atoms with van der Waals surface area (Å²) < 4.78 is 0. The number of hydrogen-bond acceptors (Lipinski definition) is 2. The van der Waals surface area contributed by atoms with Crippen molar-refractivity contribution in [2.45, 2.75) is 39.5 Å². The Kier molecular flexibility index (Phi) is 5.20. The van der Waals surface area contributed by atoms with Gasteiger partial charge in [-0.1, -0.05) is 43.2 Å². The lowest BCUT2D eigenvalue weighted by atomic mass is 9.97. The zero-order valence-electron chi connectivity index (χ0n) is 16.6. The van der Waals surface area contributed by atoms with Crippen LogP contribution in [-0.4, -0.2) is 37.0 Å². The quantitative estimate of drug-likeness (QED) is 0.782. The molecule has 1 aliphatic heterocycles. The minimum absolute atomic E-state index is 0.299. The number of carbonyl (C=O) groups excluding carboxylic acids is 1. The summed E-state index contributed by atoms with van der Waals surface area (Å²) in [5.41, 5.74) is 6.53. The van der Waals surface area contributed by atoms with E-state index in [2.05, 4.69) is 66.1 Å². The van der Waals surface area contributed by atoms with Gasteiger partial charge in [0.25, 0.3) is 0 Å². The van der Waals surface area contributed by atoms with Gasteiger partial charge in [-0.15, -0.1) is 0 Å². The first-order valence-electron chi connectivity index (χ1n) is 10.3. The third-order valence-corrected chi connectivity index (χ3v) is 6.44. The average Bonchev–Trinajstić information content (AvgIpc) is 3.25. The monoisotopic (exact) mass is 362 g/mol. The first kappa shape index (κ1) is 18.1.